The number of aromatic hydroxyl groups is 1. The van der Waals surface area contributed by atoms with Gasteiger partial charge in [-0.1, -0.05) is 36.4 Å². The van der Waals surface area contributed by atoms with Crippen molar-refractivity contribution >= 4 is 16.7 Å². The number of carbonyl (C=O) groups excluding carboxylic acids is 1. The van der Waals surface area contributed by atoms with Crippen LogP contribution in [0.2, 0.25) is 0 Å². The standard InChI is InChI=1S/C19H16O4/c1-2-22-17-9-5-6-10-18(17)23-19(21)15-11-13-7-3-4-8-14(13)12-16(15)20/h3-12,20H,2H2,1H3. The van der Waals surface area contributed by atoms with Gasteiger partial charge < -0.3 is 14.6 Å². The van der Waals surface area contributed by atoms with Gasteiger partial charge in [-0.2, -0.15) is 0 Å². The van der Waals surface area contributed by atoms with E-state index in [9.17, 15) is 9.90 Å². The molecule has 0 amide bonds. The van der Waals surface area contributed by atoms with Crippen molar-refractivity contribution < 1.29 is 19.4 Å². The smallest absolute Gasteiger partial charge is 0.347 e. The van der Waals surface area contributed by atoms with E-state index in [1.54, 1.807) is 36.4 Å². The van der Waals surface area contributed by atoms with Gasteiger partial charge in [-0.15, -0.1) is 0 Å². The summed E-state index contributed by atoms with van der Waals surface area (Å²) in [5.41, 5.74) is 0.120. The van der Waals surface area contributed by atoms with E-state index in [0.29, 0.717) is 18.1 Å². The van der Waals surface area contributed by atoms with Gasteiger partial charge in [-0.25, -0.2) is 4.79 Å². The van der Waals surface area contributed by atoms with Crippen LogP contribution < -0.4 is 9.47 Å². The summed E-state index contributed by atoms with van der Waals surface area (Å²) in [7, 11) is 0. The topological polar surface area (TPSA) is 55.8 Å². The van der Waals surface area contributed by atoms with Gasteiger partial charge in [-0.3, -0.25) is 0 Å². The highest BCUT2D eigenvalue weighted by molar-refractivity contribution is 5.99. The SMILES string of the molecule is CCOc1ccccc1OC(=O)c1cc2ccccc2cc1O. The lowest BCUT2D eigenvalue weighted by atomic mass is 10.1. The average molecular weight is 308 g/mol. The Kier molecular flexibility index (Phi) is 4.15. The van der Waals surface area contributed by atoms with E-state index >= 15 is 0 Å². The summed E-state index contributed by atoms with van der Waals surface area (Å²) in [6.07, 6.45) is 0. The molecule has 0 bridgehead atoms. The first kappa shape index (κ1) is 14.9. The highest BCUT2D eigenvalue weighted by Gasteiger charge is 2.16. The van der Waals surface area contributed by atoms with Crippen LogP contribution in [0.5, 0.6) is 17.2 Å². The summed E-state index contributed by atoms with van der Waals surface area (Å²) in [5, 5.41) is 11.8. The Morgan fingerprint density at radius 2 is 1.57 bits per heavy atom. The zero-order valence-electron chi connectivity index (χ0n) is 12.7. The molecule has 3 rings (SSSR count). The molecule has 0 fully saturated rings. The number of esters is 1. The Balaban J connectivity index is 1.93. The first-order chi connectivity index (χ1) is 11.2. The maximum absolute atomic E-state index is 12.4. The molecule has 23 heavy (non-hydrogen) atoms. The van der Waals surface area contributed by atoms with Crippen LogP contribution in [0.4, 0.5) is 0 Å². The van der Waals surface area contributed by atoms with Crippen LogP contribution in [0, 0.1) is 0 Å². The maximum atomic E-state index is 12.4. The molecular formula is C19H16O4. The van der Waals surface area contributed by atoms with Crippen molar-refractivity contribution in [1.29, 1.82) is 0 Å². The number of rotatable bonds is 4. The minimum Gasteiger partial charge on any atom is -0.507 e. The lowest BCUT2D eigenvalue weighted by molar-refractivity contribution is 0.0725. The van der Waals surface area contributed by atoms with Crippen molar-refractivity contribution in [2.45, 2.75) is 6.92 Å². The van der Waals surface area contributed by atoms with Crippen LogP contribution >= 0.6 is 0 Å². The first-order valence-electron chi connectivity index (χ1n) is 7.35. The van der Waals surface area contributed by atoms with Crippen LogP contribution in [0.1, 0.15) is 17.3 Å². The van der Waals surface area contributed by atoms with Crippen molar-refractivity contribution in [1.82, 2.24) is 0 Å². The van der Waals surface area contributed by atoms with Gasteiger partial charge in [0.15, 0.2) is 11.5 Å². The second-order valence-electron chi connectivity index (χ2n) is 4.99. The van der Waals surface area contributed by atoms with Gasteiger partial charge in [0.25, 0.3) is 0 Å². The molecule has 4 heteroatoms. The molecule has 0 saturated carbocycles. The summed E-state index contributed by atoms with van der Waals surface area (Å²) < 4.78 is 10.8. The van der Waals surface area contributed by atoms with E-state index in [0.717, 1.165) is 10.8 Å². The van der Waals surface area contributed by atoms with Gasteiger partial charge >= 0.3 is 5.97 Å². The largest absolute Gasteiger partial charge is 0.507 e. The number of phenolic OH excluding ortho intramolecular Hbond substituents is 1. The van der Waals surface area contributed by atoms with E-state index < -0.39 is 5.97 Å². The predicted molar refractivity (Wildman–Crippen MR) is 88.2 cm³/mol. The molecule has 0 aliphatic carbocycles. The Morgan fingerprint density at radius 3 is 2.26 bits per heavy atom. The van der Waals surface area contributed by atoms with Crippen molar-refractivity contribution in [3.8, 4) is 17.2 Å². The molecule has 0 aliphatic heterocycles. The molecule has 116 valence electrons. The van der Waals surface area contributed by atoms with Crippen LogP contribution in [-0.2, 0) is 0 Å². The lowest BCUT2D eigenvalue weighted by Gasteiger charge is -2.11. The van der Waals surface area contributed by atoms with Crippen LogP contribution in [0.25, 0.3) is 10.8 Å². The summed E-state index contributed by atoms with van der Waals surface area (Å²) in [6.45, 7) is 2.32. The molecule has 0 unspecified atom stereocenters. The fraction of sp³-hybridized carbons (Fsp3) is 0.105. The molecule has 0 atom stereocenters. The number of carbonyl (C=O) groups is 1. The molecule has 3 aromatic carbocycles. The summed E-state index contributed by atoms with van der Waals surface area (Å²) >= 11 is 0. The lowest BCUT2D eigenvalue weighted by Crippen LogP contribution is -2.10. The molecule has 0 saturated heterocycles. The third-order valence-corrected chi connectivity index (χ3v) is 3.44. The van der Waals surface area contributed by atoms with Gasteiger partial charge in [0.05, 0.1) is 6.61 Å². The zero-order valence-corrected chi connectivity index (χ0v) is 12.7. The van der Waals surface area contributed by atoms with Crippen molar-refractivity contribution in [2.24, 2.45) is 0 Å². The number of phenols is 1. The predicted octanol–water partition coefficient (Wildman–Crippen LogP) is 4.16. The van der Waals surface area contributed by atoms with Crippen molar-refractivity contribution in [3.63, 3.8) is 0 Å². The summed E-state index contributed by atoms with van der Waals surface area (Å²) in [4.78, 5) is 12.4. The number of fused-ring (bicyclic) bond motifs is 1. The normalized spacial score (nSPS) is 10.5. The van der Waals surface area contributed by atoms with E-state index in [-0.39, 0.29) is 11.3 Å². The molecular weight excluding hydrogens is 292 g/mol. The second-order valence-corrected chi connectivity index (χ2v) is 4.99. The van der Waals surface area contributed by atoms with E-state index in [4.69, 9.17) is 9.47 Å². The fourth-order valence-corrected chi connectivity index (χ4v) is 2.36. The highest BCUT2D eigenvalue weighted by atomic mass is 16.6. The van der Waals surface area contributed by atoms with Crippen LogP contribution in [0.3, 0.4) is 0 Å². The quantitative estimate of drug-likeness (QED) is 0.581. The van der Waals surface area contributed by atoms with E-state index in [1.165, 1.54) is 0 Å². The Morgan fingerprint density at radius 1 is 0.957 bits per heavy atom. The second kappa shape index (κ2) is 6.40. The minimum absolute atomic E-state index is 0.109. The number of hydrogen-bond donors (Lipinski definition) is 1. The molecule has 1 N–H and O–H groups in total. The highest BCUT2D eigenvalue weighted by Crippen LogP contribution is 2.30. The molecule has 0 aromatic heterocycles. The summed E-state index contributed by atoms with van der Waals surface area (Å²) in [6, 6.07) is 17.6. The third-order valence-electron chi connectivity index (χ3n) is 3.44. The number of hydrogen-bond acceptors (Lipinski definition) is 4. The maximum Gasteiger partial charge on any atom is 0.347 e. The fourth-order valence-electron chi connectivity index (χ4n) is 2.36. The minimum atomic E-state index is -0.625. The third kappa shape index (κ3) is 3.11. The monoisotopic (exact) mass is 308 g/mol. The molecule has 0 aliphatic rings. The Hall–Kier alpha value is -3.01. The van der Waals surface area contributed by atoms with Gasteiger partial charge in [0.2, 0.25) is 0 Å². The molecule has 0 spiro atoms. The molecule has 3 aromatic rings. The number of para-hydroxylation sites is 2. The Bertz CT molecular complexity index is 855. The molecule has 0 heterocycles. The van der Waals surface area contributed by atoms with Gasteiger partial charge in [0.1, 0.15) is 11.3 Å². The van der Waals surface area contributed by atoms with E-state index in [1.807, 2.05) is 31.2 Å². The number of ether oxygens (including phenoxy) is 2. The first-order valence-corrected chi connectivity index (χ1v) is 7.35. The van der Waals surface area contributed by atoms with Gasteiger partial charge in [-0.05, 0) is 42.0 Å². The van der Waals surface area contributed by atoms with Crippen LogP contribution in [0.15, 0.2) is 60.7 Å². The molecule has 4 nitrogen and oxygen atoms in total. The Labute approximate surface area is 133 Å². The van der Waals surface area contributed by atoms with E-state index in [2.05, 4.69) is 0 Å². The van der Waals surface area contributed by atoms with Gasteiger partial charge in [0, 0.05) is 0 Å². The van der Waals surface area contributed by atoms with Crippen molar-refractivity contribution in [3.05, 3.63) is 66.2 Å². The van der Waals surface area contributed by atoms with Crippen molar-refractivity contribution in [2.75, 3.05) is 6.61 Å². The summed E-state index contributed by atoms with van der Waals surface area (Å²) in [5.74, 6) is 0.0820. The van der Waals surface area contributed by atoms with Crippen LogP contribution in [-0.4, -0.2) is 17.7 Å². The molecule has 0 radical (unpaired) electrons. The number of benzene rings is 3. The zero-order chi connectivity index (χ0) is 16.2. The average Bonchev–Trinajstić information content (AvgIpc) is 2.56.